The highest BCUT2D eigenvalue weighted by molar-refractivity contribution is 5.69. The number of hydrogen-bond donors (Lipinski definition) is 0. The van der Waals surface area contributed by atoms with Crippen molar-refractivity contribution in [2.24, 2.45) is 0 Å². The van der Waals surface area contributed by atoms with E-state index >= 15 is 0 Å². The van der Waals surface area contributed by atoms with E-state index in [9.17, 15) is 4.79 Å². The Morgan fingerprint density at radius 3 is 2.42 bits per heavy atom. The summed E-state index contributed by atoms with van der Waals surface area (Å²) in [6.07, 6.45) is 4.70. The second-order valence-electron chi connectivity index (χ2n) is 6.15. The van der Waals surface area contributed by atoms with Gasteiger partial charge in [0.25, 0.3) is 0 Å². The number of carbonyl (C=O) groups excluding carboxylic acids is 1. The van der Waals surface area contributed by atoms with Gasteiger partial charge in [0.1, 0.15) is 5.75 Å². The Morgan fingerprint density at radius 2 is 1.83 bits per heavy atom. The third-order valence-electron chi connectivity index (χ3n) is 4.35. The zero-order chi connectivity index (χ0) is 17.8. The lowest BCUT2D eigenvalue weighted by atomic mass is 10.1. The molecule has 0 aromatic heterocycles. The fourth-order valence-electron chi connectivity index (χ4n) is 2.92. The normalized spacial score (nSPS) is 12.2. The lowest BCUT2D eigenvalue weighted by molar-refractivity contribution is -0.143. The van der Waals surface area contributed by atoms with Gasteiger partial charge in [-0.2, -0.15) is 0 Å². The smallest absolute Gasteiger partial charge is 0.305 e. The Kier molecular flexibility index (Phi) is 10.2. The summed E-state index contributed by atoms with van der Waals surface area (Å²) in [6, 6.07) is 8.83. The van der Waals surface area contributed by atoms with Crippen molar-refractivity contribution in [1.82, 2.24) is 4.90 Å². The van der Waals surface area contributed by atoms with Crippen molar-refractivity contribution in [3.63, 3.8) is 0 Å². The van der Waals surface area contributed by atoms with Crippen molar-refractivity contribution in [3.05, 3.63) is 29.8 Å². The molecule has 1 atom stereocenters. The molecule has 0 aliphatic rings. The first kappa shape index (κ1) is 20.5. The van der Waals surface area contributed by atoms with E-state index in [1.54, 1.807) is 7.11 Å². The molecule has 0 bridgehead atoms. The highest BCUT2D eigenvalue weighted by Gasteiger charge is 2.12. The number of carbonyl (C=O) groups is 1. The molecule has 0 N–H and O–H groups in total. The summed E-state index contributed by atoms with van der Waals surface area (Å²) in [5.74, 6) is 0.832. The Morgan fingerprint density at radius 1 is 1.12 bits per heavy atom. The van der Waals surface area contributed by atoms with E-state index in [0.29, 0.717) is 19.1 Å². The minimum absolute atomic E-state index is 0.0716. The summed E-state index contributed by atoms with van der Waals surface area (Å²) in [6.45, 7) is 8.95. The summed E-state index contributed by atoms with van der Waals surface area (Å²) in [7, 11) is 1.69. The molecule has 0 saturated carbocycles. The number of rotatable bonds is 12. The van der Waals surface area contributed by atoms with Crippen LogP contribution >= 0.6 is 0 Å². The first-order chi connectivity index (χ1) is 11.6. The number of nitrogens with zero attached hydrogens (tertiary/aromatic N) is 1. The SMILES string of the molecule is CCOC(=O)CCCCCN(CC)C(C)Cc1ccc(OC)cc1. The van der Waals surface area contributed by atoms with E-state index in [1.165, 1.54) is 5.56 Å². The Balaban J connectivity index is 2.29. The van der Waals surface area contributed by atoms with Gasteiger partial charge < -0.3 is 14.4 Å². The molecular formula is C20H33NO3. The molecule has 0 heterocycles. The van der Waals surface area contributed by atoms with Gasteiger partial charge in [-0.15, -0.1) is 0 Å². The van der Waals surface area contributed by atoms with Gasteiger partial charge in [0.15, 0.2) is 0 Å². The maximum atomic E-state index is 11.3. The molecule has 4 nitrogen and oxygen atoms in total. The van der Waals surface area contributed by atoms with Gasteiger partial charge in [0.2, 0.25) is 0 Å². The molecule has 136 valence electrons. The van der Waals surface area contributed by atoms with Crippen LogP contribution in [0.2, 0.25) is 0 Å². The number of ether oxygens (including phenoxy) is 2. The summed E-state index contributed by atoms with van der Waals surface area (Å²) in [5.41, 5.74) is 1.34. The molecule has 1 aromatic rings. The third kappa shape index (κ3) is 7.82. The molecule has 0 saturated heterocycles. The maximum Gasteiger partial charge on any atom is 0.305 e. The second kappa shape index (κ2) is 11.9. The molecule has 1 rings (SSSR count). The van der Waals surface area contributed by atoms with Crippen LogP contribution in [-0.2, 0) is 16.0 Å². The zero-order valence-electron chi connectivity index (χ0n) is 15.7. The van der Waals surface area contributed by atoms with E-state index < -0.39 is 0 Å². The van der Waals surface area contributed by atoms with Gasteiger partial charge in [-0.25, -0.2) is 0 Å². The summed E-state index contributed by atoms with van der Waals surface area (Å²) in [5, 5.41) is 0. The highest BCUT2D eigenvalue weighted by atomic mass is 16.5. The van der Waals surface area contributed by atoms with E-state index in [0.717, 1.165) is 44.5 Å². The molecule has 0 aliphatic heterocycles. The monoisotopic (exact) mass is 335 g/mol. The average Bonchev–Trinajstić information content (AvgIpc) is 2.59. The topological polar surface area (TPSA) is 38.8 Å². The quantitative estimate of drug-likeness (QED) is 0.426. The van der Waals surface area contributed by atoms with Crippen LogP contribution in [0.3, 0.4) is 0 Å². The minimum atomic E-state index is -0.0716. The van der Waals surface area contributed by atoms with Crippen molar-refractivity contribution in [2.45, 2.75) is 58.9 Å². The molecule has 0 fully saturated rings. The molecule has 0 aliphatic carbocycles. The van der Waals surface area contributed by atoms with Crippen LogP contribution in [0.5, 0.6) is 5.75 Å². The van der Waals surface area contributed by atoms with Crippen LogP contribution < -0.4 is 4.74 Å². The van der Waals surface area contributed by atoms with Crippen molar-refractivity contribution >= 4 is 5.97 Å². The standard InChI is InChI=1S/C20H33NO3/c1-5-21(15-9-7-8-10-20(22)24-6-2)17(3)16-18-11-13-19(23-4)14-12-18/h11-14,17H,5-10,15-16H2,1-4H3. The molecule has 1 aromatic carbocycles. The first-order valence-electron chi connectivity index (χ1n) is 9.13. The maximum absolute atomic E-state index is 11.3. The number of hydrogen-bond acceptors (Lipinski definition) is 4. The van der Waals surface area contributed by atoms with Crippen LogP contribution in [0.4, 0.5) is 0 Å². The third-order valence-corrected chi connectivity index (χ3v) is 4.35. The van der Waals surface area contributed by atoms with Gasteiger partial charge in [-0.3, -0.25) is 4.79 Å². The molecule has 0 amide bonds. The second-order valence-corrected chi connectivity index (χ2v) is 6.15. The number of benzene rings is 1. The van der Waals surface area contributed by atoms with Gasteiger partial charge in [-0.05, 0) is 63.9 Å². The molecule has 24 heavy (non-hydrogen) atoms. The first-order valence-corrected chi connectivity index (χ1v) is 9.13. The Hall–Kier alpha value is -1.55. The van der Waals surface area contributed by atoms with E-state index in [1.807, 2.05) is 19.1 Å². The lowest BCUT2D eigenvalue weighted by Gasteiger charge is -2.28. The van der Waals surface area contributed by atoms with Crippen molar-refractivity contribution in [3.8, 4) is 5.75 Å². The summed E-state index contributed by atoms with van der Waals surface area (Å²) >= 11 is 0. The van der Waals surface area contributed by atoms with Crippen LogP contribution in [-0.4, -0.2) is 43.7 Å². The van der Waals surface area contributed by atoms with Crippen molar-refractivity contribution in [1.29, 1.82) is 0 Å². The fraction of sp³-hybridized carbons (Fsp3) is 0.650. The fourth-order valence-corrected chi connectivity index (χ4v) is 2.92. The van der Waals surface area contributed by atoms with Crippen molar-refractivity contribution in [2.75, 3.05) is 26.8 Å². The van der Waals surface area contributed by atoms with Gasteiger partial charge >= 0.3 is 5.97 Å². The van der Waals surface area contributed by atoms with E-state index in [4.69, 9.17) is 9.47 Å². The molecule has 0 spiro atoms. The van der Waals surface area contributed by atoms with E-state index in [-0.39, 0.29) is 5.97 Å². The Labute approximate surface area is 147 Å². The number of likely N-dealkylation sites (N-methyl/N-ethyl adjacent to an activating group) is 1. The van der Waals surface area contributed by atoms with Gasteiger partial charge in [0, 0.05) is 12.5 Å². The van der Waals surface area contributed by atoms with Crippen molar-refractivity contribution < 1.29 is 14.3 Å². The van der Waals surface area contributed by atoms with Crippen LogP contribution in [0.25, 0.3) is 0 Å². The van der Waals surface area contributed by atoms with Crippen LogP contribution in [0.1, 0.15) is 52.0 Å². The minimum Gasteiger partial charge on any atom is -0.497 e. The molecule has 1 unspecified atom stereocenters. The van der Waals surface area contributed by atoms with Gasteiger partial charge in [0.05, 0.1) is 13.7 Å². The zero-order valence-corrected chi connectivity index (χ0v) is 15.7. The van der Waals surface area contributed by atoms with E-state index in [2.05, 4.69) is 30.9 Å². The number of esters is 1. The molecular weight excluding hydrogens is 302 g/mol. The molecule has 4 heteroatoms. The lowest BCUT2D eigenvalue weighted by Crippen LogP contribution is -2.35. The predicted octanol–water partition coefficient (Wildman–Crippen LogP) is 4.07. The Bertz CT molecular complexity index is 458. The highest BCUT2D eigenvalue weighted by Crippen LogP contribution is 2.15. The largest absolute Gasteiger partial charge is 0.497 e. The van der Waals surface area contributed by atoms with Gasteiger partial charge in [-0.1, -0.05) is 25.5 Å². The number of unbranched alkanes of at least 4 members (excludes halogenated alkanes) is 2. The number of methoxy groups -OCH3 is 1. The summed E-state index contributed by atoms with van der Waals surface area (Å²) in [4.78, 5) is 13.8. The van der Waals surface area contributed by atoms with Crippen LogP contribution in [0.15, 0.2) is 24.3 Å². The molecule has 0 radical (unpaired) electrons. The summed E-state index contributed by atoms with van der Waals surface area (Å²) < 4.78 is 10.2. The van der Waals surface area contributed by atoms with Crippen LogP contribution in [0, 0.1) is 0 Å². The average molecular weight is 335 g/mol. The predicted molar refractivity (Wildman–Crippen MR) is 98.5 cm³/mol.